The van der Waals surface area contributed by atoms with Gasteiger partial charge in [0.2, 0.25) is 0 Å². The topological polar surface area (TPSA) is 35.5 Å². The Morgan fingerprint density at radius 1 is 1.50 bits per heavy atom. The molecule has 1 fully saturated rings. The third-order valence-electron chi connectivity index (χ3n) is 3.79. The van der Waals surface area contributed by atoms with Crippen LogP contribution in [0.1, 0.15) is 18.4 Å². The minimum Gasteiger partial charge on any atom is -0.493 e. The average Bonchev–Trinajstić information content (AvgIpc) is 3.04. The third-order valence-corrected chi connectivity index (χ3v) is 3.79. The molecule has 0 bridgehead atoms. The van der Waals surface area contributed by atoms with Gasteiger partial charge in [0.1, 0.15) is 5.75 Å². The van der Waals surface area contributed by atoms with Gasteiger partial charge in [-0.05, 0) is 18.9 Å². The first-order chi connectivity index (χ1) is 7.78. The van der Waals surface area contributed by atoms with E-state index in [4.69, 9.17) is 9.47 Å². The summed E-state index contributed by atoms with van der Waals surface area (Å²) in [6, 6.07) is 8.01. The molecule has 1 aliphatic carbocycles. The lowest BCUT2D eigenvalue weighted by molar-refractivity contribution is -0.142. The minimum atomic E-state index is -0.0864. The first-order valence-corrected chi connectivity index (χ1v) is 5.58. The molecule has 84 valence electrons. The molecule has 3 nitrogen and oxygen atoms in total. The number of carbonyl (C=O) groups is 1. The monoisotopic (exact) mass is 218 g/mol. The Labute approximate surface area is 94.4 Å². The molecule has 3 heteroatoms. The summed E-state index contributed by atoms with van der Waals surface area (Å²) in [5.74, 6) is 0.874. The Morgan fingerprint density at radius 2 is 2.31 bits per heavy atom. The van der Waals surface area contributed by atoms with Crippen molar-refractivity contribution in [3.63, 3.8) is 0 Å². The van der Waals surface area contributed by atoms with Gasteiger partial charge in [0.15, 0.2) is 0 Å². The number of rotatable bonds is 1. The lowest BCUT2D eigenvalue weighted by Crippen LogP contribution is -2.24. The van der Waals surface area contributed by atoms with Gasteiger partial charge < -0.3 is 9.47 Å². The summed E-state index contributed by atoms with van der Waals surface area (Å²) in [5.41, 5.74) is 1.18. The summed E-state index contributed by atoms with van der Waals surface area (Å²) in [7, 11) is 1.46. The molecule has 1 heterocycles. The number of para-hydroxylation sites is 1. The normalized spacial score (nSPS) is 30.4. The van der Waals surface area contributed by atoms with Gasteiger partial charge in [-0.2, -0.15) is 0 Å². The second kappa shape index (κ2) is 3.24. The van der Waals surface area contributed by atoms with Crippen LogP contribution in [0.15, 0.2) is 24.3 Å². The van der Waals surface area contributed by atoms with E-state index in [2.05, 4.69) is 6.07 Å². The van der Waals surface area contributed by atoms with Crippen molar-refractivity contribution in [1.29, 1.82) is 0 Å². The first-order valence-electron chi connectivity index (χ1n) is 5.58. The minimum absolute atomic E-state index is 0.00192. The SMILES string of the molecule is COC(=O)[C@H]1C[C@@]12CCOc1ccccc12. The maximum absolute atomic E-state index is 11.6. The Balaban J connectivity index is 1.98. The molecular formula is C13H14O3. The number of methoxy groups -OCH3 is 1. The van der Waals surface area contributed by atoms with E-state index in [0.717, 1.165) is 18.6 Å². The number of benzene rings is 1. The zero-order valence-electron chi connectivity index (χ0n) is 9.23. The van der Waals surface area contributed by atoms with Gasteiger partial charge in [0.25, 0.3) is 0 Å². The zero-order chi connectivity index (χ0) is 11.2. The lowest BCUT2D eigenvalue weighted by Gasteiger charge is -2.26. The van der Waals surface area contributed by atoms with E-state index in [1.165, 1.54) is 12.7 Å². The van der Waals surface area contributed by atoms with Crippen molar-refractivity contribution in [3.05, 3.63) is 29.8 Å². The molecule has 2 atom stereocenters. The summed E-state index contributed by atoms with van der Waals surface area (Å²) in [4.78, 5) is 11.6. The summed E-state index contributed by atoms with van der Waals surface area (Å²) in [6.07, 6.45) is 1.82. The maximum atomic E-state index is 11.6. The second-order valence-corrected chi connectivity index (χ2v) is 4.53. The molecule has 0 saturated heterocycles. The highest BCUT2D eigenvalue weighted by molar-refractivity contribution is 5.79. The van der Waals surface area contributed by atoms with Crippen LogP contribution >= 0.6 is 0 Å². The molecule has 1 spiro atoms. The van der Waals surface area contributed by atoms with Gasteiger partial charge in [-0.15, -0.1) is 0 Å². The highest BCUT2D eigenvalue weighted by Crippen LogP contribution is 2.60. The fraction of sp³-hybridized carbons (Fsp3) is 0.462. The molecule has 1 aromatic carbocycles. The number of ether oxygens (including phenoxy) is 2. The molecule has 0 radical (unpaired) electrons. The van der Waals surface area contributed by atoms with Gasteiger partial charge >= 0.3 is 5.97 Å². The highest BCUT2D eigenvalue weighted by Gasteiger charge is 2.61. The quantitative estimate of drug-likeness (QED) is 0.675. The van der Waals surface area contributed by atoms with E-state index in [0.29, 0.717) is 6.61 Å². The fourth-order valence-corrected chi connectivity index (χ4v) is 2.81. The van der Waals surface area contributed by atoms with Crippen LogP contribution in [0, 0.1) is 5.92 Å². The molecule has 0 amide bonds. The average molecular weight is 218 g/mol. The van der Waals surface area contributed by atoms with Crippen LogP contribution in [0.2, 0.25) is 0 Å². The first kappa shape index (κ1) is 9.70. The Morgan fingerprint density at radius 3 is 3.12 bits per heavy atom. The third kappa shape index (κ3) is 1.17. The van der Waals surface area contributed by atoms with Crippen LogP contribution < -0.4 is 4.74 Å². The molecule has 1 aliphatic heterocycles. The summed E-state index contributed by atoms with van der Waals surface area (Å²) < 4.78 is 10.4. The molecule has 0 N–H and O–H groups in total. The van der Waals surface area contributed by atoms with Crippen LogP contribution in [0.25, 0.3) is 0 Å². The van der Waals surface area contributed by atoms with Crippen LogP contribution in [0.4, 0.5) is 0 Å². The molecule has 0 aromatic heterocycles. The summed E-state index contributed by atoms with van der Waals surface area (Å²) >= 11 is 0. The van der Waals surface area contributed by atoms with Gasteiger partial charge in [-0.25, -0.2) is 0 Å². The number of hydrogen-bond acceptors (Lipinski definition) is 3. The molecule has 0 unspecified atom stereocenters. The van der Waals surface area contributed by atoms with Crippen molar-refractivity contribution >= 4 is 5.97 Å². The standard InChI is InChI=1S/C13H14O3/c1-15-12(14)10-8-13(10)6-7-16-11-5-3-2-4-9(11)13/h2-5,10H,6-8H2,1H3/t10-,13-/m1/s1. The number of carbonyl (C=O) groups excluding carboxylic acids is 1. The largest absolute Gasteiger partial charge is 0.493 e. The maximum Gasteiger partial charge on any atom is 0.309 e. The van der Waals surface area contributed by atoms with Gasteiger partial charge in [-0.3, -0.25) is 4.79 Å². The molecule has 16 heavy (non-hydrogen) atoms. The fourth-order valence-electron chi connectivity index (χ4n) is 2.81. The van der Waals surface area contributed by atoms with E-state index in [9.17, 15) is 4.79 Å². The Hall–Kier alpha value is -1.51. The van der Waals surface area contributed by atoms with Crippen molar-refractivity contribution in [2.45, 2.75) is 18.3 Å². The van der Waals surface area contributed by atoms with Crippen molar-refractivity contribution < 1.29 is 14.3 Å². The molecular weight excluding hydrogens is 204 g/mol. The van der Waals surface area contributed by atoms with Crippen molar-refractivity contribution in [1.82, 2.24) is 0 Å². The molecule has 2 aliphatic rings. The van der Waals surface area contributed by atoms with Crippen molar-refractivity contribution in [3.8, 4) is 5.75 Å². The number of hydrogen-bond donors (Lipinski definition) is 0. The predicted octanol–water partition coefficient (Wildman–Crippen LogP) is 1.90. The van der Waals surface area contributed by atoms with Crippen LogP contribution in [-0.4, -0.2) is 19.7 Å². The Bertz CT molecular complexity index is 441. The van der Waals surface area contributed by atoms with Gasteiger partial charge in [-0.1, -0.05) is 18.2 Å². The predicted molar refractivity (Wildman–Crippen MR) is 58.4 cm³/mol. The smallest absolute Gasteiger partial charge is 0.309 e. The van der Waals surface area contributed by atoms with Gasteiger partial charge in [0.05, 0.1) is 19.6 Å². The van der Waals surface area contributed by atoms with Gasteiger partial charge in [0, 0.05) is 11.0 Å². The van der Waals surface area contributed by atoms with E-state index < -0.39 is 0 Å². The van der Waals surface area contributed by atoms with E-state index in [1.54, 1.807) is 0 Å². The van der Waals surface area contributed by atoms with Crippen molar-refractivity contribution in [2.75, 3.05) is 13.7 Å². The number of esters is 1. The molecule has 3 rings (SSSR count). The zero-order valence-corrected chi connectivity index (χ0v) is 9.23. The molecule has 1 saturated carbocycles. The van der Waals surface area contributed by atoms with Crippen molar-refractivity contribution in [2.24, 2.45) is 5.92 Å². The van der Waals surface area contributed by atoms with Crippen LogP contribution in [0.5, 0.6) is 5.75 Å². The second-order valence-electron chi connectivity index (χ2n) is 4.53. The van der Waals surface area contributed by atoms with E-state index in [1.807, 2.05) is 18.2 Å². The Kier molecular flexibility index (Phi) is 1.96. The van der Waals surface area contributed by atoms with E-state index >= 15 is 0 Å². The highest BCUT2D eigenvalue weighted by atomic mass is 16.5. The van der Waals surface area contributed by atoms with Crippen LogP contribution in [0.3, 0.4) is 0 Å². The van der Waals surface area contributed by atoms with Crippen LogP contribution in [-0.2, 0) is 14.9 Å². The summed E-state index contributed by atoms with van der Waals surface area (Å²) in [6.45, 7) is 0.699. The summed E-state index contributed by atoms with van der Waals surface area (Å²) in [5, 5.41) is 0. The lowest BCUT2D eigenvalue weighted by atomic mass is 9.87. The number of fused-ring (bicyclic) bond motifs is 2. The molecule has 1 aromatic rings. The van der Waals surface area contributed by atoms with E-state index in [-0.39, 0.29) is 17.3 Å².